The van der Waals surface area contributed by atoms with E-state index in [0.29, 0.717) is 42.8 Å². The van der Waals surface area contributed by atoms with Crippen molar-refractivity contribution in [3.63, 3.8) is 0 Å². The van der Waals surface area contributed by atoms with Crippen molar-refractivity contribution in [3.8, 4) is 5.75 Å². The molecule has 0 aromatic heterocycles. The van der Waals surface area contributed by atoms with E-state index in [1.165, 1.54) is 38.2 Å². The normalized spacial score (nSPS) is 24.7. The number of hydrogen-bond acceptors (Lipinski definition) is 5. The molecule has 1 aromatic rings. The lowest BCUT2D eigenvalue weighted by Crippen LogP contribution is -2.47. The summed E-state index contributed by atoms with van der Waals surface area (Å²) in [5.74, 6) is 3.89. The standard InChI is InChI=1S/C26H34ClFN4O2/c27-21-15-30-26(31-16-21)32-8-5-18(6-9-32)23-11-19(23)7-10-34-22-4-3-20(24(28)13-22)12-25(33)29-14-17-1-2-17/h3-4,13,15,17-19,23H,1-2,5-12,14,16H2,(H,29,33)(H,30,31)/t19-,23-/m1/s1. The van der Waals surface area contributed by atoms with E-state index in [0.717, 1.165) is 42.3 Å². The van der Waals surface area contributed by atoms with Crippen LogP contribution in [0.3, 0.4) is 0 Å². The fraction of sp³-hybridized carbons (Fsp3) is 0.615. The summed E-state index contributed by atoms with van der Waals surface area (Å²) in [4.78, 5) is 18.7. The van der Waals surface area contributed by atoms with Gasteiger partial charge in [-0.3, -0.25) is 4.79 Å². The zero-order valence-electron chi connectivity index (χ0n) is 19.6. The second-order valence-electron chi connectivity index (χ2n) is 10.2. The number of piperidine rings is 1. The van der Waals surface area contributed by atoms with Crippen LogP contribution in [-0.2, 0) is 11.2 Å². The summed E-state index contributed by atoms with van der Waals surface area (Å²) >= 11 is 5.97. The van der Waals surface area contributed by atoms with Crippen molar-refractivity contribution in [2.75, 3.05) is 32.8 Å². The summed E-state index contributed by atoms with van der Waals surface area (Å²) in [7, 11) is 0. The SMILES string of the molecule is O=C(Cc1ccc(OCC[C@@H]2C[C@@H]2C2CCN(C3=NC=C(Cl)CN3)CC2)cc1F)NCC1CC1. The number of ether oxygens (including phenoxy) is 1. The van der Waals surface area contributed by atoms with Crippen LogP contribution in [0.15, 0.2) is 34.4 Å². The second kappa shape index (κ2) is 10.5. The third-order valence-corrected chi connectivity index (χ3v) is 7.81. The van der Waals surface area contributed by atoms with Crippen molar-refractivity contribution in [1.82, 2.24) is 15.5 Å². The number of halogens is 2. The van der Waals surface area contributed by atoms with Gasteiger partial charge in [-0.25, -0.2) is 9.38 Å². The van der Waals surface area contributed by atoms with Gasteiger partial charge in [0.2, 0.25) is 5.91 Å². The Morgan fingerprint density at radius 2 is 2.09 bits per heavy atom. The molecular formula is C26H34ClFN4O2. The van der Waals surface area contributed by atoms with E-state index in [2.05, 4.69) is 20.5 Å². The molecule has 0 radical (unpaired) electrons. The molecule has 6 nitrogen and oxygen atoms in total. The van der Waals surface area contributed by atoms with E-state index in [1.54, 1.807) is 18.3 Å². The van der Waals surface area contributed by atoms with Crippen molar-refractivity contribution in [2.24, 2.45) is 28.7 Å². The van der Waals surface area contributed by atoms with E-state index in [9.17, 15) is 9.18 Å². The topological polar surface area (TPSA) is 66.0 Å². The monoisotopic (exact) mass is 488 g/mol. The summed E-state index contributed by atoms with van der Waals surface area (Å²) in [6.07, 6.45) is 8.86. The number of nitrogens with zero attached hydrogens (tertiary/aromatic N) is 2. The van der Waals surface area contributed by atoms with Crippen LogP contribution in [0, 0.1) is 29.5 Å². The molecule has 1 saturated heterocycles. The van der Waals surface area contributed by atoms with Crippen molar-refractivity contribution in [2.45, 2.75) is 44.9 Å². The Bertz CT molecular complexity index is 956. The quantitative estimate of drug-likeness (QED) is 0.550. The first kappa shape index (κ1) is 23.5. The molecule has 0 spiro atoms. The molecule has 2 heterocycles. The van der Waals surface area contributed by atoms with Crippen molar-refractivity contribution < 1.29 is 13.9 Å². The number of carbonyl (C=O) groups excluding carboxylic acids is 1. The third kappa shape index (κ3) is 6.23. The van der Waals surface area contributed by atoms with E-state index < -0.39 is 0 Å². The number of carbonyl (C=O) groups is 1. The summed E-state index contributed by atoms with van der Waals surface area (Å²) in [5.41, 5.74) is 0.419. The van der Waals surface area contributed by atoms with Crippen LogP contribution in [0.4, 0.5) is 4.39 Å². The third-order valence-electron chi connectivity index (χ3n) is 7.58. The van der Waals surface area contributed by atoms with Crippen LogP contribution >= 0.6 is 11.6 Å². The van der Waals surface area contributed by atoms with Gasteiger partial charge in [0.05, 0.1) is 24.6 Å². The zero-order chi connectivity index (χ0) is 23.5. The van der Waals surface area contributed by atoms with E-state index in [4.69, 9.17) is 16.3 Å². The Morgan fingerprint density at radius 3 is 2.79 bits per heavy atom. The molecule has 184 valence electrons. The fourth-order valence-electron chi connectivity index (χ4n) is 5.20. The van der Waals surface area contributed by atoms with Gasteiger partial charge in [0.15, 0.2) is 5.96 Å². The maximum absolute atomic E-state index is 14.4. The van der Waals surface area contributed by atoms with Crippen LogP contribution in [0.25, 0.3) is 0 Å². The number of benzene rings is 1. The Labute approximate surface area is 206 Å². The number of aliphatic imine (C=N–C) groups is 1. The molecule has 2 N–H and O–H groups in total. The molecule has 1 aromatic carbocycles. The predicted octanol–water partition coefficient (Wildman–Crippen LogP) is 4.05. The Kier molecular flexibility index (Phi) is 7.28. The minimum atomic E-state index is -0.370. The molecule has 8 heteroatoms. The van der Waals surface area contributed by atoms with Crippen molar-refractivity contribution >= 4 is 23.5 Å². The Balaban J connectivity index is 0.996. The highest BCUT2D eigenvalue weighted by atomic mass is 35.5. The zero-order valence-corrected chi connectivity index (χ0v) is 20.3. The summed E-state index contributed by atoms with van der Waals surface area (Å²) in [6, 6.07) is 4.86. The van der Waals surface area contributed by atoms with Crippen LogP contribution < -0.4 is 15.4 Å². The second-order valence-corrected chi connectivity index (χ2v) is 10.7. The maximum atomic E-state index is 14.4. The molecule has 0 bridgehead atoms. The van der Waals surface area contributed by atoms with E-state index in [-0.39, 0.29) is 18.1 Å². The van der Waals surface area contributed by atoms with Gasteiger partial charge in [-0.05, 0) is 73.8 Å². The van der Waals surface area contributed by atoms with Gasteiger partial charge in [0, 0.05) is 31.9 Å². The highest BCUT2D eigenvalue weighted by molar-refractivity contribution is 6.30. The van der Waals surface area contributed by atoms with Gasteiger partial charge >= 0.3 is 0 Å². The van der Waals surface area contributed by atoms with Gasteiger partial charge in [-0.2, -0.15) is 0 Å². The molecule has 0 unspecified atom stereocenters. The van der Waals surface area contributed by atoms with Crippen molar-refractivity contribution in [3.05, 3.63) is 40.8 Å². The predicted molar refractivity (Wildman–Crippen MR) is 131 cm³/mol. The average molecular weight is 489 g/mol. The van der Waals surface area contributed by atoms with Gasteiger partial charge in [0.1, 0.15) is 11.6 Å². The Morgan fingerprint density at radius 1 is 1.26 bits per heavy atom. The maximum Gasteiger partial charge on any atom is 0.224 e. The lowest BCUT2D eigenvalue weighted by Gasteiger charge is -2.35. The lowest BCUT2D eigenvalue weighted by molar-refractivity contribution is -0.120. The molecular weight excluding hydrogens is 455 g/mol. The smallest absolute Gasteiger partial charge is 0.224 e. The van der Waals surface area contributed by atoms with E-state index >= 15 is 0 Å². The van der Waals surface area contributed by atoms with E-state index in [1.807, 2.05) is 0 Å². The summed E-state index contributed by atoms with van der Waals surface area (Å²) < 4.78 is 20.3. The first-order chi connectivity index (χ1) is 16.5. The minimum absolute atomic E-state index is 0.0786. The first-order valence-corrected chi connectivity index (χ1v) is 13.0. The fourth-order valence-corrected chi connectivity index (χ4v) is 5.32. The van der Waals surface area contributed by atoms with Crippen LogP contribution in [0.2, 0.25) is 0 Å². The number of rotatable bonds is 9. The van der Waals surface area contributed by atoms with Crippen LogP contribution in [0.5, 0.6) is 5.75 Å². The molecule has 2 saturated carbocycles. The number of nitrogens with one attached hydrogen (secondary N) is 2. The van der Waals surface area contributed by atoms with Crippen molar-refractivity contribution in [1.29, 1.82) is 0 Å². The van der Waals surface area contributed by atoms with Crippen LogP contribution in [0.1, 0.15) is 44.1 Å². The number of amides is 1. The molecule has 5 rings (SSSR count). The molecule has 2 aliphatic heterocycles. The molecule has 2 atom stereocenters. The van der Waals surface area contributed by atoms with Gasteiger partial charge < -0.3 is 20.3 Å². The Hall–Kier alpha value is -2.28. The van der Waals surface area contributed by atoms with Gasteiger partial charge in [0.25, 0.3) is 0 Å². The number of likely N-dealkylation sites (tertiary alicyclic amines) is 1. The molecule has 1 amide bonds. The molecule has 34 heavy (non-hydrogen) atoms. The summed E-state index contributed by atoms with van der Waals surface area (Å²) in [6.45, 7) is 4.04. The number of hydrogen-bond donors (Lipinski definition) is 2. The number of guanidine groups is 1. The lowest BCUT2D eigenvalue weighted by atomic mass is 9.90. The van der Waals surface area contributed by atoms with Crippen LogP contribution in [-0.4, -0.2) is 49.6 Å². The molecule has 2 aliphatic carbocycles. The van der Waals surface area contributed by atoms with Gasteiger partial charge in [-0.1, -0.05) is 17.7 Å². The largest absolute Gasteiger partial charge is 0.493 e. The molecule has 3 fully saturated rings. The highest BCUT2D eigenvalue weighted by Gasteiger charge is 2.43. The average Bonchev–Trinajstić information content (AvgIpc) is 3.76. The minimum Gasteiger partial charge on any atom is -0.493 e. The first-order valence-electron chi connectivity index (χ1n) is 12.6. The summed E-state index contributed by atoms with van der Waals surface area (Å²) in [5, 5.41) is 6.92. The highest BCUT2D eigenvalue weighted by Crippen LogP contribution is 2.49. The molecule has 4 aliphatic rings. The van der Waals surface area contributed by atoms with Gasteiger partial charge in [-0.15, -0.1) is 0 Å².